The van der Waals surface area contributed by atoms with Gasteiger partial charge in [0.05, 0.1) is 5.56 Å². The minimum absolute atomic E-state index is 0.225. The lowest BCUT2D eigenvalue weighted by Gasteiger charge is -2.27. The number of nitrogens with one attached hydrogen (secondary N) is 1. The summed E-state index contributed by atoms with van der Waals surface area (Å²) in [4.78, 5) is 26.3. The first-order valence-corrected chi connectivity index (χ1v) is 10.5. The van der Waals surface area contributed by atoms with Crippen molar-refractivity contribution in [3.63, 3.8) is 0 Å². The number of carboxylic acids is 1. The third-order valence-corrected chi connectivity index (χ3v) is 5.54. The van der Waals surface area contributed by atoms with Crippen molar-refractivity contribution in [2.45, 2.75) is 25.8 Å². The molecule has 31 heavy (non-hydrogen) atoms. The predicted molar refractivity (Wildman–Crippen MR) is 117 cm³/mol. The van der Waals surface area contributed by atoms with Crippen molar-refractivity contribution >= 4 is 22.8 Å². The molecular weight excluding hydrogens is 396 g/mol. The number of ether oxygens (including phenoxy) is 1. The third-order valence-electron chi connectivity index (χ3n) is 5.54. The first-order chi connectivity index (χ1) is 15.1. The smallest absolute Gasteiger partial charge is 0.341 e. The lowest BCUT2D eigenvalue weighted by Crippen LogP contribution is -2.29. The summed E-state index contributed by atoms with van der Waals surface area (Å²) in [5.74, 6) is -0.367. The molecular formula is C24H26N2O5. The Hall–Kier alpha value is -3.32. The van der Waals surface area contributed by atoms with E-state index < -0.39 is 12.6 Å². The van der Waals surface area contributed by atoms with Crippen molar-refractivity contribution in [1.29, 1.82) is 0 Å². The molecule has 0 spiro atoms. The van der Waals surface area contributed by atoms with E-state index in [2.05, 4.69) is 10.2 Å². The van der Waals surface area contributed by atoms with Crippen molar-refractivity contribution in [1.82, 2.24) is 10.2 Å². The molecule has 0 saturated carbocycles. The maximum Gasteiger partial charge on any atom is 0.341 e. The molecule has 4 rings (SSSR count). The van der Waals surface area contributed by atoms with E-state index in [1.165, 1.54) is 6.42 Å². The van der Waals surface area contributed by atoms with Gasteiger partial charge in [0.25, 0.3) is 5.91 Å². The van der Waals surface area contributed by atoms with Crippen LogP contribution >= 0.6 is 0 Å². The highest BCUT2D eigenvalue weighted by Crippen LogP contribution is 2.38. The Labute approximate surface area is 180 Å². The monoisotopic (exact) mass is 422 g/mol. The van der Waals surface area contributed by atoms with Gasteiger partial charge in [0, 0.05) is 30.6 Å². The number of fused-ring (bicyclic) bond motifs is 1. The standard InChI is InChI=1S/C24H26N2O5/c1-25-24(29)22-21-17(14-26-10-6-3-7-11-26)12-18(30-15-20(27)28)13-19(21)31-23(22)16-8-4-2-5-9-16/h2,4-5,8-9,12-13H,3,6-7,10-11,14-15H2,1H3,(H,25,29)(H,27,28). The van der Waals surface area contributed by atoms with Crippen LogP contribution in [0.2, 0.25) is 0 Å². The van der Waals surface area contributed by atoms with Crippen LogP contribution in [0.25, 0.3) is 22.3 Å². The lowest BCUT2D eigenvalue weighted by molar-refractivity contribution is -0.139. The number of likely N-dealkylation sites (tertiary alicyclic amines) is 1. The minimum atomic E-state index is -1.05. The van der Waals surface area contributed by atoms with E-state index in [-0.39, 0.29) is 5.91 Å². The van der Waals surface area contributed by atoms with Crippen molar-refractivity contribution < 1.29 is 23.8 Å². The number of hydrogen-bond acceptors (Lipinski definition) is 5. The van der Waals surface area contributed by atoms with E-state index in [9.17, 15) is 9.59 Å². The second-order valence-electron chi connectivity index (χ2n) is 7.73. The van der Waals surface area contributed by atoms with Gasteiger partial charge in [0.1, 0.15) is 17.1 Å². The molecule has 7 nitrogen and oxygen atoms in total. The number of nitrogens with zero attached hydrogens (tertiary/aromatic N) is 1. The molecule has 2 N–H and O–H groups in total. The van der Waals surface area contributed by atoms with E-state index in [1.807, 2.05) is 36.4 Å². The molecule has 2 heterocycles. The number of piperidine rings is 1. The molecule has 7 heteroatoms. The molecule has 3 aromatic rings. The highest BCUT2D eigenvalue weighted by molar-refractivity contribution is 6.12. The number of amides is 1. The number of furan rings is 1. The Kier molecular flexibility index (Phi) is 6.23. The molecule has 1 aliphatic rings. The predicted octanol–water partition coefficient (Wildman–Crippen LogP) is 3.91. The van der Waals surface area contributed by atoms with Crippen LogP contribution in [0.3, 0.4) is 0 Å². The minimum Gasteiger partial charge on any atom is -0.482 e. The highest BCUT2D eigenvalue weighted by Gasteiger charge is 2.25. The zero-order valence-corrected chi connectivity index (χ0v) is 17.5. The maximum absolute atomic E-state index is 12.9. The average molecular weight is 422 g/mol. The van der Waals surface area contributed by atoms with Gasteiger partial charge < -0.3 is 19.6 Å². The summed E-state index contributed by atoms with van der Waals surface area (Å²) < 4.78 is 11.6. The number of benzene rings is 2. The van der Waals surface area contributed by atoms with Gasteiger partial charge in [-0.15, -0.1) is 0 Å². The van der Waals surface area contributed by atoms with Crippen LogP contribution in [0.5, 0.6) is 5.75 Å². The molecule has 162 valence electrons. The Bertz CT molecular complexity index is 1080. The molecule has 0 bridgehead atoms. The van der Waals surface area contributed by atoms with Gasteiger partial charge in [0.2, 0.25) is 0 Å². The molecule has 0 atom stereocenters. The Balaban J connectivity index is 1.88. The number of carboxylic acid groups (broad SMARTS) is 1. The van der Waals surface area contributed by atoms with Gasteiger partial charge in [-0.25, -0.2) is 4.79 Å². The van der Waals surface area contributed by atoms with Crippen molar-refractivity contribution in [3.8, 4) is 17.1 Å². The third kappa shape index (κ3) is 4.56. The first kappa shape index (κ1) is 20.9. The van der Waals surface area contributed by atoms with E-state index in [0.717, 1.165) is 42.4 Å². The van der Waals surface area contributed by atoms with Gasteiger partial charge in [0.15, 0.2) is 6.61 Å². The van der Waals surface area contributed by atoms with Crippen molar-refractivity contribution in [3.05, 3.63) is 53.6 Å². The Morgan fingerprint density at radius 2 is 1.87 bits per heavy atom. The van der Waals surface area contributed by atoms with Crippen LogP contribution in [0.4, 0.5) is 0 Å². The second-order valence-corrected chi connectivity index (χ2v) is 7.73. The quantitative estimate of drug-likeness (QED) is 0.600. The summed E-state index contributed by atoms with van der Waals surface area (Å²) in [5.41, 5.74) is 2.69. The summed E-state index contributed by atoms with van der Waals surface area (Å²) in [6.07, 6.45) is 3.50. The van der Waals surface area contributed by atoms with Crippen LogP contribution in [0.15, 0.2) is 46.9 Å². The summed E-state index contributed by atoms with van der Waals surface area (Å²) in [6, 6.07) is 13.0. The largest absolute Gasteiger partial charge is 0.482 e. The van der Waals surface area contributed by atoms with Gasteiger partial charge in [-0.3, -0.25) is 9.69 Å². The highest BCUT2D eigenvalue weighted by atomic mass is 16.5. The molecule has 1 fully saturated rings. The van der Waals surface area contributed by atoms with E-state index in [0.29, 0.717) is 29.2 Å². The van der Waals surface area contributed by atoms with Crippen molar-refractivity contribution in [2.24, 2.45) is 0 Å². The summed E-state index contributed by atoms with van der Waals surface area (Å²) in [5, 5.41) is 12.5. The summed E-state index contributed by atoms with van der Waals surface area (Å²) in [7, 11) is 1.60. The molecule has 1 aromatic heterocycles. The zero-order valence-electron chi connectivity index (χ0n) is 17.5. The van der Waals surface area contributed by atoms with Gasteiger partial charge in [-0.1, -0.05) is 36.8 Å². The summed E-state index contributed by atoms with van der Waals surface area (Å²) in [6.45, 7) is 2.17. The molecule has 0 radical (unpaired) electrons. The van der Waals surface area contributed by atoms with Crippen LogP contribution in [-0.2, 0) is 11.3 Å². The van der Waals surface area contributed by atoms with Crippen LogP contribution in [0, 0.1) is 0 Å². The van der Waals surface area contributed by atoms with Crippen LogP contribution in [-0.4, -0.2) is 48.6 Å². The van der Waals surface area contributed by atoms with Crippen LogP contribution in [0.1, 0.15) is 35.2 Å². The second kappa shape index (κ2) is 9.22. The lowest BCUT2D eigenvalue weighted by atomic mass is 9.99. The number of carbonyl (C=O) groups excluding carboxylic acids is 1. The molecule has 1 aliphatic heterocycles. The Morgan fingerprint density at radius 3 is 2.55 bits per heavy atom. The van der Waals surface area contributed by atoms with Crippen LogP contribution < -0.4 is 10.1 Å². The molecule has 0 aliphatic carbocycles. The van der Waals surface area contributed by atoms with Gasteiger partial charge >= 0.3 is 5.97 Å². The van der Waals surface area contributed by atoms with Gasteiger partial charge in [-0.2, -0.15) is 0 Å². The molecule has 1 saturated heterocycles. The average Bonchev–Trinajstić information content (AvgIpc) is 3.18. The molecule has 1 amide bonds. The van der Waals surface area contributed by atoms with E-state index >= 15 is 0 Å². The topological polar surface area (TPSA) is 92.0 Å². The van der Waals surface area contributed by atoms with E-state index in [1.54, 1.807) is 13.1 Å². The fourth-order valence-electron chi connectivity index (χ4n) is 4.13. The summed E-state index contributed by atoms with van der Waals surface area (Å²) >= 11 is 0. The zero-order chi connectivity index (χ0) is 21.8. The number of hydrogen-bond donors (Lipinski definition) is 2. The van der Waals surface area contributed by atoms with Crippen molar-refractivity contribution in [2.75, 3.05) is 26.7 Å². The fourth-order valence-corrected chi connectivity index (χ4v) is 4.13. The SMILES string of the molecule is CNC(=O)c1c(-c2ccccc2)oc2cc(OCC(=O)O)cc(CN3CCCCC3)c12. The number of rotatable bonds is 7. The number of aliphatic carboxylic acids is 1. The first-order valence-electron chi connectivity index (χ1n) is 10.5. The van der Waals surface area contributed by atoms with Gasteiger partial charge in [-0.05, 0) is 37.6 Å². The van der Waals surface area contributed by atoms with E-state index in [4.69, 9.17) is 14.3 Å². The normalized spacial score (nSPS) is 14.5. The number of carbonyl (C=O) groups is 2. The Morgan fingerprint density at radius 1 is 1.13 bits per heavy atom. The fraction of sp³-hybridized carbons (Fsp3) is 0.333. The molecule has 0 unspecified atom stereocenters. The maximum atomic E-state index is 12.9. The molecule has 2 aromatic carbocycles.